The van der Waals surface area contributed by atoms with Gasteiger partial charge in [-0.05, 0) is 28.1 Å². The third kappa shape index (κ3) is 3.65. The average molecular weight is 322 g/mol. The summed E-state index contributed by atoms with van der Waals surface area (Å²) in [5.41, 5.74) is 6.51. The van der Waals surface area contributed by atoms with Crippen LogP contribution in [-0.2, 0) is 0 Å². The Labute approximate surface area is 121 Å². The van der Waals surface area contributed by atoms with Gasteiger partial charge in [0.1, 0.15) is 18.0 Å². The molecule has 0 atom stereocenters. The second kappa shape index (κ2) is 6.49. The molecule has 0 unspecified atom stereocenters. The SMILES string of the molecule is CN(CCN)c1cc(Nc2ccccc2Br)ncn1. The number of halogens is 1. The Kier molecular flexibility index (Phi) is 4.70. The minimum absolute atomic E-state index is 0.591. The molecule has 5 nitrogen and oxygen atoms in total. The van der Waals surface area contributed by atoms with E-state index in [1.165, 1.54) is 0 Å². The molecule has 0 aliphatic carbocycles. The van der Waals surface area contributed by atoms with Crippen LogP contribution in [0.15, 0.2) is 41.1 Å². The molecule has 0 amide bonds. The molecule has 1 heterocycles. The maximum absolute atomic E-state index is 5.54. The van der Waals surface area contributed by atoms with Crippen LogP contribution in [0.5, 0.6) is 0 Å². The zero-order valence-electron chi connectivity index (χ0n) is 10.7. The molecule has 0 saturated heterocycles. The molecule has 0 saturated carbocycles. The van der Waals surface area contributed by atoms with E-state index in [-0.39, 0.29) is 0 Å². The van der Waals surface area contributed by atoms with Gasteiger partial charge in [0, 0.05) is 30.7 Å². The zero-order chi connectivity index (χ0) is 13.7. The van der Waals surface area contributed by atoms with Crippen molar-refractivity contribution in [3.05, 3.63) is 41.1 Å². The number of para-hydroxylation sites is 1. The van der Waals surface area contributed by atoms with Crippen molar-refractivity contribution in [2.45, 2.75) is 0 Å². The Hall–Kier alpha value is -1.66. The van der Waals surface area contributed by atoms with Crippen LogP contribution in [0.1, 0.15) is 0 Å². The normalized spacial score (nSPS) is 10.3. The first-order valence-electron chi connectivity index (χ1n) is 5.95. The van der Waals surface area contributed by atoms with Gasteiger partial charge in [-0.2, -0.15) is 0 Å². The number of nitrogens with two attached hydrogens (primary N) is 1. The summed E-state index contributed by atoms with van der Waals surface area (Å²) < 4.78 is 0.991. The highest BCUT2D eigenvalue weighted by molar-refractivity contribution is 9.10. The molecule has 3 N–H and O–H groups in total. The lowest BCUT2D eigenvalue weighted by molar-refractivity contribution is 0.864. The van der Waals surface area contributed by atoms with Gasteiger partial charge < -0.3 is 16.0 Å². The number of nitrogens with zero attached hydrogens (tertiary/aromatic N) is 3. The smallest absolute Gasteiger partial charge is 0.135 e. The number of nitrogens with one attached hydrogen (secondary N) is 1. The highest BCUT2D eigenvalue weighted by Crippen LogP contribution is 2.25. The molecular weight excluding hydrogens is 306 g/mol. The minimum Gasteiger partial charge on any atom is -0.358 e. The summed E-state index contributed by atoms with van der Waals surface area (Å²) >= 11 is 3.49. The van der Waals surface area contributed by atoms with E-state index in [0.717, 1.165) is 28.3 Å². The van der Waals surface area contributed by atoms with Crippen LogP contribution in [0.25, 0.3) is 0 Å². The Morgan fingerprint density at radius 2 is 2.11 bits per heavy atom. The van der Waals surface area contributed by atoms with E-state index in [0.29, 0.717) is 6.54 Å². The molecular formula is C13H16BrN5. The lowest BCUT2D eigenvalue weighted by Gasteiger charge is -2.17. The first-order valence-corrected chi connectivity index (χ1v) is 6.75. The first kappa shape index (κ1) is 13.8. The maximum Gasteiger partial charge on any atom is 0.135 e. The fourth-order valence-electron chi connectivity index (χ4n) is 1.63. The van der Waals surface area contributed by atoms with E-state index in [9.17, 15) is 0 Å². The Morgan fingerprint density at radius 1 is 1.32 bits per heavy atom. The highest BCUT2D eigenvalue weighted by Gasteiger charge is 2.05. The highest BCUT2D eigenvalue weighted by atomic mass is 79.9. The van der Waals surface area contributed by atoms with Crippen molar-refractivity contribution < 1.29 is 0 Å². The molecule has 0 bridgehead atoms. The fraction of sp³-hybridized carbons (Fsp3) is 0.231. The average Bonchev–Trinajstić information content (AvgIpc) is 2.42. The number of aromatic nitrogens is 2. The standard InChI is InChI=1S/C13H16BrN5/c1-19(7-6-15)13-8-12(16-9-17-13)18-11-5-3-2-4-10(11)14/h2-5,8-9H,6-7,15H2,1H3,(H,16,17,18). The zero-order valence-corrected chi connectivity index (χ0v) is 12.3. The maximum atomic E-state index is 5.54. The van der Waals surface area contributed by atoms with Crippen LogP contribution in [-0.4, -0.2) is 30.1 Å². The lowest BCUT2D eigenvalue weighted by Crippen LogP contribution is -2.25. The predicted molar refractivity (Wildman–Crippen MR) is 81.8 cm³/mol. The van der Waals surface area contributed by atoms with Crippen LogP contribution in [0.4, 0.5) is 17.3 Å². The Balaban J connectivity index is 2.18. The predicted octanol–water partition coefficient (Wildman–Crippen LogP) is 2.38. The molecule has 2 rings (SSSR count). The second-order valence-corrected chi connectivity index (χ2v) is 4.93. The van der Waals surface area contributed by atoms with E-state index < -0.39 is 0 Å². The lowest BCUT2D eigenvalue weighted by atomic mass is 10.3. The van der Waals surface area contributed by atoms with E-state index in [1.54, 1.807) is 6.33 Å². The topological polar surface area (TPSA) is 67.1 Å². The monoisotopic (exact) mass is 321 g/mol. The quantitative estimate of drug-likeness (QED) is 0.885. The summed E-state index contributed by atoms with van der Waals surface area (Å²) in [5.74, 6) is 1.59. The van der Waals surface area contributed by atoms with E-state index >= 15 is 0 Å². The van der Waals surface area contributed by atoms with Gasteiger partial charge in [0.05, 0.1) is 5.69 Å². The molecule has 0 aliphatic rings. The fourth-order valence-corrected chi connectivity index (χ4v) is 2.02. The van der Waals surface area contributed by atoms with Crippen LogP contribution in [0, 0.1) is 0 Å². The number of hydrogen-bond donors (Lipinski definition) is 2. The van der Waals surface area contributed by atoms with Gasteiger partial charge in [0.25, 0.3) is 0 Å². The Morgan fingerprint density at radius 3 is 2.84 bits per heavy atom. The van der Waals surface area contributed by atoms with Gasteiger partial charge in [-0.3, -0.25) is 0 Å². The van der Waals surface area contributed by atoms with E-state index in [4.69, 9.17) is 5.73 Å². The molecule has 1 aromatic carbocycles. The molecule has 0 spiro atoms. The summed E-state index contributed by atoms with van der Waals surface area (Å²) in [5, 5.41) is 3.25. The second-order valence-electron chi connectivity index (χ2n) is 4.08. The number of rotatable bonds is 5. The van der Waals surface area contributed by atoms with E-state index in [2.05, 4.69) is 31.2 Å². The molecule has 1 aromatic heterocycles. The van der Waals surface area contributed by atoms with Crippen molar-refractivity contribution >= 4 is 33.3 Å². The molecule has 19 heavy (non-hydrogen) atoms. The summed E-state index contributed by atoms with van der Waals surface area (Å²) in [7, 11) is 1.96. The summed E-state index contributed by atoms with van der Waals surface area (Å²) in [6.07, 6.45) is 1.54. The van der Waals surface area contributed by atoms with Crippen LogP contribution in [0.2, 0.25) is 0 Å². The molecule has 0 fully saturated rings. The van der Waals surface area contributed by atoms with Crippen molar-refractivity contribution in [2.75, 3.05) is 30.4 Å². The number of benzene rings is 1. The van der Waals surface area contributed by atoms with Gasteiger partial charge >= 0.3 is 0 Å². The first-order chi connectivity index (χ1) is 9.20. The molecule has 6 heteroatoms. The van der Waals surface area contributed by atoms with Crippen molar-refractivity contribution in [1.29, 1.82) is 0 Å². The minimum atomic E-state index is 0.591. The number of likely N-dealkylation sites (N-methyl/N-ethyl adjacent to an activating group) is 1. The van der Waals surface area contributed by atoms with Crippen LogP contribution < -0.4 is 16.0 Å². The number of hydrogen-bond acceptors (Lipinski definition) is 5. The van der Waals surface area contributed by atoms with Gasteiger partial charge in [-0.15, -0.1) is 0 Å². The molecule has 100 valence electrons. The third-order valence-corrected chi connectivity index (χ3v) is 3.34. The van der Waals surface area contributed by atoms with Crippen LogP contribution in [0.3, 0.4) is 0 Å². The Bertz CT molecular complexity index is 546. The van der Waals surface area contributed by atoms with Gasteiger partial charge in [0.15, 0.2) is 0 Å². The van der Waals surface area contributed by atoms with Crippen LogP contribution >= 0.6 is 15.9 Å². The largest absolute Gasteiger partial charge is 0.358 e. The number of anilines is 3. The third-order valence-electron chi connectivity index (χ3n) is 2.64. The van der Waals surface area contributed by atoms with Crippen molar-refractivity contribution in [3.63, 3.8) is 0 Å². The van der Waals surface area contributed by atoms with Gasteiger partial charge in [0.2, 0.25) is 0 Å². The molecule has 0 radical (unpaired) electrons. The van der Waals surface area contributed by atoms with Crippen molar-refractivity contribution in [2.24, 2.45) is 5.73 Å². The van der Waals surface area contributed by atoms with Gasteiger partial charge in [-0.1, -0.05) is 12.1 Å². The summed E-state index contributed by atoms with van der Waals surface area (Å²) in [4.78, 5) is 10.4. The van der Waals surface area contributed by atoms with Crippen molar-refractivity contribution in [1.82, 2.24) is 9.97 Å². The summed E-state index contributed by atoms with van der Waals surface area (Å²) in [6.45, 7) is 1.35. The van der Waals surface area contributed by atoms with E-state index in [1.807, 2.05) is 42.3 Å². The van der Waals surface area contributed by atoms with Crippen molar-refractivity contribution in [3.8, 4) is 0 Å². The molecule has 0 aliphatic heterocycles. The summed E-state index contributed by atoms with van der Waals surface area (Å²) in [6, 6.07) is 9.79. The van der Waals surface area contributed by atoms with Gasteiger partial charge in [-0.25, -0.2) is 9.97 Å². The molecule has 2 aromatic rings.